The average molecular weight is 724 g/mol. The number of pyridine rings is 2. The van der Waals surface area contributed by atoms with E-state index in [4.69, 9.17) is 0 Å². The van der Waals surface area contributed by atoms with Crippen LogP contribution in [0.5, 0.6) is 0 Å². The molecule has 2 rings (SSSR count). The molecule has 2 aromatic heterocycles. The van der Waals surface area contributed by atoms with Crippen molar-refractivity contribution in [2.45, 2.75) is 207 Å². The minimum atomic E-state index is 0. The summed E-state index contributed by atoms with van der Waals surface area (Å²) in [6.07, 6.45) is 48.8. The number of halogens is 2. The van der Waals surface area contributed by atoms with Gasteiger partial charge < -0.3 is 29.4 Å². The molecule has 0 fully saturated rings. The average Bonchev–Trinajstić information content (AvgIpc) is 3.06. The van der Waals surface area contributed by atoms with Crippen molar-refractivity contribution in [3.05, 3.63) is 61.2 Å². The quantitative estimate of drug-likeness (QED) is 0.0612. The third-order valence-corrected chi connectivity index (χ3v) is 9.09. The number of unbranched alkanes of at least 4 members (excludes halogenated alkanes) is 26. The van der Waals surface area contributed by atoms with Crippen LogP contribution in [0.15, 0.2) is 61.2 Å². The molecule has 0 aromatic carbocycles. The Morgan fingerprint density at radius 1 is 0.283 bits per heavy atom. The zero-order valence-corrected chi connectivity index (χ0v) is 33.0. The topological polar surface area (TPSA) is 7.76 Å². The zero-order valence-electron chi connectivity index (χ0n) is 30.6. The number of hydrogen-bond donors (Lipinski definition) is 0. The van der Waals surface area contributed by atoms with Crippen LogP contribution >= 0.6 is 0 Å². The van der Waals surface area contributed by atoms with E-state index < -0.39 is 0 Å². The summed E-state index contributed by atoms with van der Waals surface area (Å²) in [6, 6.07) is 12.6. The molecule has 0 spiro atoms. The van der Waals surface area contributed by atoms with E-state index >= 15 is 0 Å². The fraction of sp³-hybridized carbons (Fsp3) is 0.762. The first kappa shape index (κ1) is 47.2. The lowest BCUT2D eigenvalue weighted by atomic mass is 10.0. The highest BCUT2D eigenvalue weighted by Gasteiger charge is 1.99. The fourth-order valence-corrected chi connectivity index (χ4v) is 6.14. The molecule has 0 aliphatic carbocycles. The van der Waals surface area contributed by atoms with Crippen LogP contribution in [0.1, 0.15) is 194 Å². The molecule has 0 amide bonds. The van der Waals surface area contributed by atoms with Gasteiger partial charge in [0.05, 0.1) is 0 Å². The smallest absolute Gasteiger partial charge is 0.168 e. The summed E-state index contributed by atoms with van der Waals surface area (Å²) in [7, 11) is 0. The second kappa shape index (κ2) is 40.2. The number of aryl methyl sites for hydroxylation is 2. The van der Waals surface area contributed by atoms with Crippen molar-refractivity contribution in [2.75, 3.05) is 0 Å². The molecule has 0 aliphatic rings. The summed E-state index contributed by atoms with van der Waals surface area (Å²) in [5, 5.41) is 0. The highest BCUT2D eigenvalue weighted by atomic mass is 79.9. The molecule has 0 saturated carbocycles. The second-order valence-corrected chi connectivity index (χ2v) is 13.4. The summed E-state index contributed by atoms with van der Waals surface area (Å²) in [4.78, 5) is 0. The Hall–Kier alpha value is -0.930. The van der Waals surface area contributed by atoms with E-state index in [0.717, 1.165) is 0 Å². The van der Waals surface area contributed by atoms with Crippen molar-refractivity contribution in [1.29, 1.82) is 0 Å². The molecule has 0 aliphatic heterocycles. The van der Waals surface area contributed by atoms with Crippen molar-refractivity contribution in [3.63, 3.8) is 0 Å². The molecular weight excluding hydrogens is 648 g/mol. The van der Waals surface area contributed by atoms with Gasteiger partial charge in [-0.15, -0.1) is 0 Å². The molecular formula is C42H76BrClN2. The van der Waals surface area contributed by atoms with E-state index in [9.17, 15) is 0 Å². The van der Waals surface area contributed by atoms with Gasteiger partial charge in [0.15, 0.2) is 24.8 Å². The molecule has 0 atom stereocenters. The van der Waals surface area contributed by atoms with Gasteiger partial charge in [0.25, 0.3) is 0 Å². The van der Waals surface area contributed by atoms with Gasteiger partial charge in [0.1, 0.15) is 13.1 Å². The molecule has 268 valence electrons. The highest BCUT2D eigenvalue weighted by Crippen LogP contribution is 2.14. The molecule has 2 nitrogen and oxygen atoms in total. The van der Waals surface area contributed by atoms with Gasteiger partial charge >= 0.3 is 0 Å². The van der Waals surface area contributed by atoms with Crippen molar-refractivity contribution in [1.82, 2.24) is 0 Å². The Morgan fingerprint density at radius 2 is 0.478 bits per heavy atom. The van der Waals surface area contributed by atoms with Gasteiger partial charge in [0.2, 0.25) is 0 Å². The molecule has 2 aromatic rings. The largest absolute Gasteiger partial charge is 1.00 e. The minimum absolute atomic E-state index is 0. The Morgan fingerprint density at radius 3 is 0.696 bits per heavy atom. The predicted octanol–water partition coefficient (Wildman–Crippen LogP) is 6.92. The molecule has 2 heterocycles. The van der Waals surface area contributed by atoms with E-state index in [1.165, 1.54) is 193 Å². The van der Waals surface area contributed by atoms with Crippen LogP contribution in [0.4, 0.5) is 0 Å². The van der Waals surface area contributed by atoms with E-state index in [1.807, 2.05) is 0 Å². The highest BCUT2D eigenvalue weighted by molar-refractivity contribution is 4.84. The SMILES string of the molecule is CCCCCCCCCCCCCCCC[n+]1ccccc1.CCCCCCCCCCCCCCCC[n+]1ccccc1.[Br-].[Cl-]. The maximum Gasteiger partial charge on any atom is 0.168 e. The third-order valence-electron chi connectivity index (χ3n) is 9.09. The van der Waals surface area contributed by atoms with Gasteiger partial charge in [-0.2, -0.15) is 0 Å². The molecule has 0 N–H and O–H groups in total. The van der Waals surface area contributed by atoms with Gasteiger partial charge in [-0.1, -0.05) is 180 Å². The minimum Gasteiger partial charge on any atom is -1.00 e. The fourth-order valence-electron chi connectivity index (χ4n) is 6.14. The summed E-state index contributed by atoms with van der Waals surface area (Å²) in [6.45, 7) is 6.94. The lowest BCUT2D eigenvalue weighted by Crippen LogP contribution is -3.00. The maximum absolute atomic E-state index is 2.29. The Balaban J connectivity index is 0. The number of aromatic nitrogens is 2. The van der Waals surface area contributed by atoms with Crippen LogP contribution in [0.2, 0.25) is 0 Å². The molecule has 0 radical (unpaired) electrons. The normalized spacial score (nSPS) is 10.5. The third kappa shape index (κ3) is 34.4. The van der Waals surface area contributed by atoms with Crippen molar-refractivity contribution in [2.24, 2.45) is 0 Å². The van der Waals surface area contributed by atoms with Gasteiger partial charge in [-0.05, 0) is 12.8 Å². The first-order valence-electron chi connectivity index (χ1n) is 19.7. The first-order valence-corrected chi connectivity index (χ1v) is 19.7. The molecule has 0 saturated heterocycles. The van der Waals surface area contributed by atoms with Crippen LogP contribution < -0.4 is 38.5 Å². The lowest BCUT2D eigenvalue weighted by molar-refractivity contribution is -0.697. The molecule has 0 unspecified atom stereocenters. The molecule has 4 heteroatoms. The van der Waals surface area contributed by atoms with Crippen molar-refractivity contribution < 1.29 is 38.5 Å². The molecule has 46 heavy (non-hydrogen) atoms. The van der Waals surface area contributed by atoms with Gasteiger partial charge in [0, 0.05) is 37.1 Å². The predicted molar refractivity (Wildman–Crippen MR) is 194 cm³/mol. The van der Waals surface area contributed by atoms with E-state index in [0.29, 0.717) is 0 Å². The summed E-state index contributed by atoms with van der Waals surface area (Å²) >= 11 is 0. The van der Waals surface area contributed by atoms with Crippen LogP contribution in [0.3, 0.4) is 0 Å². The first-order chi connectivity index (χ1) is 21.9. The van der Waals surface area contributed by atoms with Gasteiger partial charge in [-0.3, -0.25) is 0 Å². The maximum atomic E-state index is 2.29. The van der Waals surface area contributed by atoms with E-state index in [-0.39, 0.29) is 29.4 Å². The second-order valence-electron chi connectivity index (χ2n) is 13.4. The monoisotopic (exact) mass is 722 g/mol. The van der Waals surface area contributed by atoms with Crippen LogP contribution in [0.25, 0.3) is 0 Å². The Bertz CT molecular complexity index is 721. The summed E-state index contributed by atoms with van der Waals surface area (Å²) in [5.74, 6) is 0. The summed E-state index contributed by atoms with van der Waals surface area (Å²) in [5.41, 5.74) is 0. The summed E-state index contributed by atoms with van der Waals surface area (Å²) < 4.78 is 4.58. The van der Waals surface area contributed by atoms with E-state index in [2.05, 4.69) is 84.2 Å². The number of nitrogens with zero attached hydrogens (tertiary/aromatic N) is 2. The lowest BCUT2D eigenvalue weighted by Gasteiger charge is -2.02. The standard InChI is InChI=1S/2C21H38N.BrH.ClH/c2*1-2-3-4-5-6-7-8-9-10-11-12-13-14-16-19-22-20-17-15-18-21-22;;/h2*15,17-18,20-21H,2-14,16,19H2,1H3;2*1H/q2*+1;;/p-2. The molecule has 0 bridgehead atoms. The van der Waals surface area contributed by atoms with E-state index in [1.54, 1.807) is 0 Å². The number of rotatable bonds is 30. The van der Waals surface area contributed by atoms with Crippen LogP contribution in [0, 0.1) is 0 Å². The zero-order chi connectivity index (χ0) is 31.4. The Kier molecular flexibility index (Phi) is 41.3. The number of hydrogen-bond acceptors (Lipinski definition) is 0. The Labute approximate surface area is 305 Å². The van der Waals surface area contributed by atoms with Crippen molar-refractivity contribution in [3.8, 4) is 0 Å². The van der Waals surface area contributed by atoms with Gasteiger partial charge in [-0.25, -0.2) is 9.13 Å². The van der Waals surface area contributed by atoms with Crippen LogP contribution in [-0.2, 0) is 13.1 Å². The van der Waals surface area contributed by atoms with Crippen molar-refractivity contribution >= 4 is 0 Å². The van der Waals surface area contributed by atoms with Crippen LogP contribution in [-0.4, -0.2) is 0 Å².